The molecule has 0 atom stereocenters. The highest BCUT2D eigenvalue weighted by atomic mass is 35.5. The molecule has 0 aliphatic carbocycles. The molecule has 1 aromatic heterocycles. The molecule has 1 aliphatic rings. The topological polar surface area (TPSA) is 36.4 Å². The minimum atomic E-state index is 0.222. The normalized spacial score (nSPS) is 14.8. The van der Waals surface area contributed by atoms with E-state index in [1.165, 1.54) is 5.69 Å². The zero-order valence-corrected chi connectivity index (χ0v) is 13.7. The van der Waals surface area contributed by atoms with Crippen LogP contribution < -0.4 is 4.90 Å². The fraction of sp³-hybridized carbons (Fsp3) is 0.333. The van der Waals surface area contributed by atoms with Crippen LogP contribution in [0.4, 0.5) is 5.69 Å². The number of aromatic nitrogens is 1. The molecule has 5 heteroatoms. The zero-order chi connectivity index (χ0) is 16.1. The maximum absolute atomic E-state index is 12.4. The predicted molar refractivity (Wildman–Crippen MR) is 92.8 cm³/mol. The monoisotopic (exact) mass is 329 g/mol. The molecule has 1 saturated heterocycles. The summed E-state index contributed by atoms with van der Waals surface area (Å²) in [4.78, 5) is 20.7. The number of aryl methyl sites for hydroxylation is 1. The third kappa shape index (κ3) is 4.23. The maximum atomic E-state index is 12.4. The molecule has 0 radical (unpaired) electrons. The first-order valence-corrected chi connectivity index (χ1v) is 8.27. The van der Waals surface area contributed by atoms with Gasteiger partial charge in [-0.15, -0.1) is 0 Å². The molecule has 0 saturated carbocycles. The standard InChI is InChI=1S/C18H20ClN3O/c19-16-3-1-2-15(14-16)4-5-18(23)22-12-10-21(11-13-22)17-6-8-20-9-7-17/h1-3,6-9,14H,4-5,10-13H2. The van der Waals surface area contributed by atoms with Gasteiger partial charge in [0.1, 0.15) is 0 Å². The molecule has 23 heavy (non-hydrogen) atoms. The minimum Gasteiger partial charge on any atom is -0.368 e. The summed E-state index contributed by atoms with van der Waals surface area (Å²) in [6, 6.07) is 11.7. The van der Waals surface area contributed by atoms with Gasteiger partial charge in [0.25, 0.3) is 0 Å². The Morgan fingerprint density at radius 2 is 1.83 bits per heavy atom. The van der Waals surface area contributed by atoms with E-state index < -0.39 is 0 Å². The lowest BCUT2D eigenvalue weighted by Crippen LogP contribution is -2.48. The van der Waals surface area contributed by atoms with Crippen LogP contribution in [0, 0.1) is 0 Å². The van der Waals surface area contributed by atoms with Crippen LogP contribution in [-0.2, 0) is 11.2 Å². The first kappa shape index (κ1) is 15.8. The second kappa shape index (κ2) is 7.47. The molecule has 3 rings (SSSR count). The van der Waals surface area contributed by atoms with Gasteiger partial charge in [0.15, 0.2) is 0 Å². The molecule has 1 amide bonds. The second-order valence-corrected chi connectivity index (χ2v) is 6.14. The predicted octanol–water partition coefficient (Wildman–Crippen LogP) is 3.02. The van der Waals surface area contributed by atoms with Crippen LogP contribution in [0.2, 0.25) is 5.02 Å². The summed E-state index contributed by atoms with van der Waals surface area (Å²) in [6.07, 6.45) is 4.88. The molecule has 120 valence electrons. The van der Waals surface area contributed by atoms with Crippen LogP contribution in [0.15, 0.2) is 48.8 Å². The molecular formula is C18H20ClN3O. The molecule has 1 aliphatic heterocycles. The van der Waals surface area contributed by atoms with Gasteiger partial charge in [-0.2, -0.15) is 0 Å². The van der Waals surface area contributed by atoms with Crippen molar-refractivity contribution in [2.24, 2.45) is 0 Å². The van der Waals surface area contributed by atoms with Crippen molar-refractivity contribution in [2.45, 2.75) is 12.8 Å². The van der Waals surface area contributed by atoms with Crippen LogP contribution in [0.1, 0.15) is 12.0 Å². The second-order valence-electron chi connectivity index (χ2n) is 5.70. The van der Waals surface area contributed by atoms with Crippen LogP contribution in [0.5, 0.6) is 0 Å². The minimum absolute atomic E-state index is 0.222. The number of carbonyl (C=O) groups is 1. The smallest absolute Gasteiger partial charge is 0.223 e. The third-order valence-corrected chi connectivity index (χ3v) is 4.41. The highest BCUT2D eigenvalue weighted by Crippen LogP contribution is 2.16. The molecule has 0 bridgehead atoms. The van der Waals surface area contributed by atoms with Crippen molar-refractivity contribution in [1.82, 2.24) is 9.88 Å². The third-order valence-electron chi connectivity index (χ3n) is 4.18. The van der Waals surface area contributed by atoms with Gasteiger partial charge in [-0.1, -0.05) is 23.7 Å². The van der Waals surface area contributed by atoms with Crippen molar-refractivity contribution < 1.29 is 4.79 Å². The van der Waals surface area contributed by atoms with Crippen molar-refractivity contribution in [3.63, 3.8) is 0 Å². The summed E-state index contributed by atoms with van der Waals surface area (Å²) in [6.45, 7) is 3.28. The van der Waals surface area contributed by atoms with Crippen molar-refractivity contribution in [3.8, 4) is 0 Å². The van der Waals surface area contributed by atoms with Crippen LogP contribution in [0.25, 0.3) is 0 Å². The molecule has 4 nitrogen and oxygen atoms in total. The van der Waals surface area contributed by atoms with E-state index >= 15 is 0 Å². The van der Waals surface area contributed by atoms with Crippen molar-refractivity contribution in [1.29, 1.82) is 0 Å². The van der Waals surface area contributed by atoms with Crippen molar-refractivity contribution in [2.75, 3.05) is 31.1 Å². The molecule has 0 spiro atoms. The van der Waals surface area contributed by atoms with E-state index in [2.05, 4.69) is 9.88 Å². The summed E-state index contributed by atoms with van der Waals surface area (Å²) in [5, 5.41) is 0.723. The van der Waals surface area contributed by atoms with Gasteiger partial charge in [0.2, 0.25) is 5.91 Å². The van der Waals surface area contributed by atoms with Gasteiger partial charge in [-0.3, -0.25) is 9.78 Å². The highest BCUT2D eigenvalue weighted by molar-refractivity contribution is 6.30. The number of nitrogens with zero attached hydrogens (tertiary/aromatic N) is 3. The Hall–Kier alpha value is -2.07. The van der Waals surface area contributed by atoms with Gasteiger partial charge >= 0.3 is 0 Å². The molecule has 1 aromatic carbocycles. The first-order valence-electron chi connectivity index (χ1n) is 7.89. The Bertz CT molecular complexity index is 654. The maximum Gasteiger partial charge on any atom is 0.223 e. The molecule has 0 unspecified atom stereocenters. The van der Waals surface area contributed by atoms with Crippen LogP contribution in [0.3, 0.4) is 0 Å². The van der Waals surface area contributed by atoms with Crippen LogP contribution >= 0.6 is 11.6 Å². The average molecular weight is 330 g/mol. The Morgan fingerprint density at radius 1 is 1.09 bits per heavy atom. The van der Waals surface area contributed by atoms with E-state index in [1.54, 1.807) is 12.4 Å². The molecule has 0 N–H and O–H groups in total. The lowest BCUT2D eigenvalue weighted by Gasteiger charge is -2.36. The van der Waals surface area contributed by atoms with Crippen LogP contribution in [-0.4, -0.2) is 42.0 Å². The Morgan fingerprint density at radius 3 is 2.52 bits per heavy atom. The number of halogens is 1. The largest absolute Gasteiger partial charge is 0.368 e. The fourth-order valence-electron chi connectivity index (χ4n) is 2.87. The molecule has 2 aromatic rings. The number of rotatable bonds is 4. The van der Waals surface area contributed by atoms with Crippen molar-refractivity contribution >= 4 is 23.2 Å². The summed E-state index contributed by atoms with van der Waals surface area (Å²) in [5.74, 6) is 0.222. The molecular weight excluding hydrogens is 310 g/mol. The number of pyridine rings is 1. The zero-order valence-electron chi connectivity index (χ0n) is 13.0. The van der Waals surface area contributed by atoms with E-state index in [0.29, 0.717) is 6.42 Å². The molecule has 2 heterocycles. The average Bonchev–Trinajstić information content (AvgIpc) is 2.61. The van der Waals surface area contributed by atoms with Crippen molar-refractivity contribution in [3.05, 3.63) is 59.4 Å². The SMILES string of the molecule is O=C(CCc1cccc(Cl)c1)N1CCN(c2ccncc2)CC1. The number of benzene rings is 1. The quantitative estimate of drug-likeness (QED) is 0.865. The molecule has 1 fully saturated rings. The highest BCUT2D eigenvalue weighted by Gasteiger charge is 2.20. The summed E-state index contributed by atoms with van der Waals surface area (Å²) >= 11 is 5.98. The summed E-state index contributed by atoms with van der Waals surface area (Å²) < 4.78 is 0. The summed E-state index contributed by atoms with van der Waals surface area (Å²) in [5.41, 5.74) is 2.28. The number of hydrogen-bond acceptors (Lipinski definition) is 3. The Labute approximate surface area is 141 Å². The van der Waals surface area contributed by atoms with Gasteiger partial charge in [0, 0.05) is 55.7 Å². The number of anilines is 1. The Kier molecular flexibility index (Phi) is 5.13. The van der Waals surface area contributed by atoms with E-state index in [1.807, 2.05) is 41.3 Å². The number of amides is 1. The van der Waals surface area contributed by atoms with E-state index in [4.69, 9.17) is 11.6 Å². The van der Waals surface area contributed by atoms with Gasteiger partial charge in [-0.05, 0) is 36.2 Å². The lowest BCUT2D eigenvalue weighted by atomic mass is 10.1. The van der Waals surface area contributed by atoms with Gasteiger partial charge < -0.3 is 9.80 Å². The lowest BCUT2D eigenvalue weighted by molar-refractivity contribution is -0.131. The summed E-state index contributed by atoms with van der Waals surface area (Å²) in [7, 11) is 0. The van der Waals surface area contributed by atoms with Gasteiger partial charge in [0.05, 0.1) is 0 Å². The Balaban J connectivity index is 1.48. The number of carbonyl (C=O) groups excluding carboxylic acids is 1. The number of hydrogen-bond donors (Lipinski definition) is 0. The van der Waals surface area contributed by atoms with Gasteiger partial charge in [-0.25, -0.2) is 0 Å². The first-order chi connectivity index (χ1) is 11.2. The van der Waals surface area contributed by atoms with E-state index in [-0.39, 0.29) is 5.91 Å². The van der Waals surface area contributed by atoms with E-state index in [0.717, 1.165) is 43.2 Å². The fourth-order valence-corrected chi connectivity index (χ4v) is 3.08. The van der Waals surface area contributed by atoms with E-state index in [9.17, 15) is 4.79 Å². The number of piperazine rings is 1.